The number of benzene rings is 2. The molecule has 2 heterocycles. The lowest BCUT2D eigenvalue weighted by Gasteiger charge is -2.29. The third kappa shape index (κ3) is 4.18. The van der Waals surface area contributed by atoms with Crippen molar-refractivity contribution in [3.8, 4) is 17.2 Å². The fourth-order valence-electron chi connectivity index (χ4n) is 5.44. The average Bonchev–Trinajstić information content (AvgIpc) is 3.43. The minimum absolute atomic E-state index is 0.0190. The SMILES string of the molecule is CC(=O)c1c(O)c(C)c(O)c2c1OC1=CC(=O)/C(=C(/C)NCCCCCc3nc4ccccc4[nH]3)C(=O)[C@]12C. The van der Waals surface area contributed by atoms with E-state index in [2.05, 4.69) is 15.3 Å². The highest BCUT2D eigenvalue weighted by Gasteiger charge is 2.56. The Labute approximate surface area is 225 Å². The zero-order valence-corrected chi connectivity index (χ0v) is 22.4. The number of carbonyl (C=O) groups is 3. The second kappa shape index (κ2) is 9.72. The largest absolute Gasteiger partial charge is 0.507 e. The molecule has 5 rings (SSSR count). The van der Waals surface area contributed by atoms with Crippen molar-refractivity contribution >= 4 is 28.4 Å². The number of unbranched alkanes of at least 4 members (excludes halogenated alkanes) is 2. The molecule has 1 aliphatic carbocycles. The molecule has 0 unspecified atom stereocenters. The van der Waals surface area contributed by atoms with Crippen molar-refractivity contribution < 1.29 is 29.3 Å². The molecular weight excluding hydrogens is 498 g/mol. The number of allylic oxidation sites excluding steroid dienone is 4. The molecule has 0 saturated heterocycles. The van der Waals surface area contributed by atoms with E-state index in [4.69, 9.17) is 4.74 Å². The minimum Gasteiger partial charge on any atom is -0.507 e. The van der Waals surface area contributed by atoms with Crippen LogP contribution in [0.4, 0.5) is 0 Å². The molecule has 39 heavy (non-hydrogen) atoms. The van der Waals surface area contributed by atoms with E-state index in [0.717, 1.165) is 42.5 Å². The summed E-state index contributed by atoms with van der Waals surface area (Å²) in [6, 6.07) is 7.92. The summed E-state index contributed by atoms with van der Waals surface area (Å²) in [5, 5.41) is 24.6. The standard InChI is InChI=1S/C30H31N3O6/c1-15-26(36)24(17(3)34)28-25(27(15)37)30(4)21(39-28)14-20(35)23(29(30)38)16(2)31-13-9-5-6-12-22-32-18-10-7-8-11-19(18)33-22/h7-8,10-11,14,31,36-37H,5-6,9,12-13H2,1-4H3,(H,32,33)/b23-16+/t30-/m1/s1. The van der Waals surface area contributed by atoms with Crippen LogP contribution in [0.3, 0.4) is 0 Å². The number of nitrogens with one attached hydrogen (secondary N) is 2. The monoisotopic (exact) mass is 529 g/mol. The van der Waals surface area contributed by atoms with Crippen LogP contribution in [-0.4, -0.2) is 44.1 Å². The number of nitrogens with zero attached hydrogens (tertiary/aromatic N) is 1. The Morgan fingerprint density at radius 3 is 2.56 bits per heavy atom. The Bertz CT molecular complexity index is 1580. The van der Waals surface area contributed by atoms with Crippen LogP contribution in [0.15, 0.2) is 47.4 Å². The maximum Gasteiger partial charge on any atom is 0.194 e. The van der Waals surface area contributed by atoms with Crippen molar-refractivity contribution in [2.24, 2.45) is 0 Å². The molecule has 1 aromatic heterocycles. The molecule has 9 heteroatoms. The van der Waals surface area contributed by atoms with Crippen LogP contribution in [-0.2, 0) is 21.4 Å². The number of fused-ring (bicyclic) bond motifs is 4. The second-order valence-electron chi connectivity index (χ2n) is 10.3. The van der Waals surface area contributed by atoms with Gasteiger partial charge in [0, 0.05) is 30.3 Å². The van der Waals surface area contributed by atoms with Gasteiger partial charge in [0.1, 0.15) is 39.8 Å². The third-order valence-electron chi connectivity index (χ3n) is 7.68. The van der Waals surface area contributed by atoms with Crippen molar-refractivity contribution in [3.05, 3.63) is 69.9 Å². The molecule has 3 aromatic rings. The molecule has 0 bridgehead atoms. The van der Waals surface area contributed by atoms with Gasteiger partial charge in [-0.1, -0.05) is 18.6 Å². The summed E-state index contributed by atoms with van der Waals surface area (Å²) >= 11 is 0. The number of rotatable bonds is 8. The highest BCUT2D eigenvalue weighted by molar-refractivity contribution is 6.31. The van der Waals surface area contributed by atoms with Crippen LogP contribution in [0.25, 0.3) is 11.0 Å². The molecular formula is C30H31N3O6. The predicted molar refractivity (Wildman–Crippen MR) is 145 cm³/mol. The highest BCUT2D eigenvalue weighted by atomic mass is 16.5. The molecule has 0 amide bonds. The number of hydrogen-bond acceptors (Lipinski definition) is 8. The number of phenols is 2. The lowest BCUT2D eigenvalue weighted by molar-refractivity contribution is -0.123. The molecule has 202 valence electrons. The normalized spacial score (nSPS) is 19.4. The number of para-hydroxylation sites is 2. The van der Waals surface area contributed by atoms with Gasteiger partial charge in [0.25, 0.3) is 0 Å². The van der Waals surface area contributed by atoms with E-state index in [1.807, 2.05) is 24.3 Å². The summed E-state index contributed by atoms with van der Waals surface area (Å²) in [7, 11) is 0. The minimum atomic E-state index is -1.51. The number of Topliss-reactive ketones (excluding diaryl/α,β-unsaturated/α-hetero) is 2. The van der Waals surface area contributed by atoms with Gasteiger partial charge in [-0.2, -0.15) is 0 Å². The van der Waals surface area contributed by atoms with Crippen molar-refractivity contribution in [3.63, 3.8) is 0 Å². The van der Waals surface area contributed by atoms with E-state index >= 15 is 0 Å². The molecule has 1 atom stereocenters. The van der Waals surface area contributed by atoms with Gasteiger partial charge in [-0.05, 0) is 52.7 Å². The van der Waals surface area contributed by atoms with Crippen LogP contribution in [0.5, 0.6) is 17.2 Å². The first-order valence-electron chi connectivity index (χ1n) is 13.0. The van der Waals surface area contributed by atoms with E-state index < -0.39 is 28.5 Å². The number of ether oxygens (including phenoxy) is 1. The number of aryl methyl sites for hydroxylation is 1. The van der Waals surface area contributed by atoms with Crippen molar-refractivity contribution in [2.75, 3.05) is 6.54 Å². The molecule has 2 aromatic carbocycles. The molecule has 9 nitrogen and oxygen atoms in total. The van der Waals surface area contributed by atoms with E-state index in [-0.39, 0.29) is 39.5 Å². The first-order valence-corrected chi connectivity index (χ1v) is 13.0. The summed E-state index contributed by atoms with van der Waals surface area (Å²) in [5.74, 6) is -1.39. The lowest BCUT2D eigenvalue weighted by atomic mass is 9.70. The van der Waals surface area contributed by atoms with Crippen molar-refractivity contribution in [1.82, 2.24) is 15.3 Å². The Morgan fingerprint density at radius 1 is 1.10 bits per heavy atom. The van der Waals surface area contributed by atoms with Gasteiger partial charge in [0.15, 0.2) is 17.3 Å². The summed E-state index contributed by atoms with van der Waals surface area (Å²) in [6.07, 6.45) is 4.76. The summed E-state index contributed by atoms with van der Waals surface area (Å²) < 4.78 is 5.80. The maximum atomic E-state index is 13.8. The van der Waals surface area contributed by atoms with Gasteiger partial charge in [-0.15, -0.1) is 0 Å². The number of phenolic OH excluding ortho intramolecular Hbond substituents is 2. The van der Waals surface area contributed by atoms with Crippen LogP contribution >= 0.6 is 0 Å². The first kappa shape index (κ1) is 26.2. The zero-order chi connectivity index (χ0) is 28.1. The third-order valence-corrected chi connectivity index (χ3v) is 7.68. The van der Waals surface area contributed by atoms with Crippen LogP contribution < -0.4 is 10.1 Å². The van der Waals surface area contributed by atoms with E-state index in [0.29, 0.717) is 12.2 Å². The zero-order valence-electron chi connectivity index (χ0n) is 22.4. The highest BCUT2D eigenvalue weighted by Crippen LogP contribution is 2.57. The Hall–Kier alpha value is -4.40. The summed E-state index contributed by atoms with van der Waals surface area (Å²) in [6.45, 7) is 6.53. The molecule has 0 fully saturated rings. The Balaban J connectivity index is 1.30. The number of aromatic amines is 1. The van der Waals surface area contributed by atoms with Gasteiger partial charge < -0.3 is 25.3 Å². The first-order chi connectivity index (χ1) is 18.6. The van der Waals surface area contributed by atoms with Gasteiger partial charge in [-0.25, -0.2) is 4.98 Å². The quantitative estimate of drug-likeness (QED) is 0.145. The van der Waals surface area contributed by atoms with Gasteiger partial charge in [0.2, 0.25) is 0 Å². The van der Waals surface area contributed by atoms with Crippen LogP contribution in [0.2, 0.25) is 0 Å². The number of aromatic nitrogens is 2. The van der Waals surface area contributed by atoms with Gasteiger partial charge in [0.05, 0.1) is 22.2 Å². The van der Waals surface area contributed by atoms with E-state index in [9.17, 15) is 24.6 Å². The van der Waals surface area contributed by atoms with Crippen LogP contribution in [0.1, 0.15) is 67.3 Å². The molecule has 0 radical (unpaired) electrons. The average molecular weight is 530 g/mol. The fraction of sp³-hybridized carbons (Fsp3) is 0.333. The Morgan fingerprint density at radius 2 is 1.85 bits per heavy atom. The number of carbonyl (C=O) groups excluding carboxylic acids is 3. The molecule has 0 saturated carbocycles. The molecule has 2 aliphatic rings. The van der Waals surface area contributed by atoms with Gasteiger partial charge in [-0.3, -0.25) is 14.4 Å². The molecule has 0 spiro atoms. The van der Waals surface area contributed by atoms with E-state index in [1.54, 1.807) is 13.8 Å². The summed E-state index contributed by atoms with van der Waals surface area (Å²) in [5.41, 5.74) is 0.916. The molecule has 1 aliphatic heterocycles. The maximum absolute atomic E-state index is 13.8. The Kier molecular flexibility index (Phi) is 6.54. The second-order valence-corrected chi connectivity index (χ2v) is 10.3. The van der Waals surface area contributed by atoms with Crippen molar-refractivity contribution in [2.45, 2.75) is 58.8 Å². The molecule has 4 N–H and O–H groups in total. The summed E-state index contributed by atoms with van der Waals surface area (Å²) in [4.78, 5) is 47.1. The predicted octanol–water partition coefficient (Wildman–Crippen LogP) is 4.45. The van der Waals surface area contributed by atoms with Crippen molar-refractivity contribution in [1.29, 1.82) is 0 Å². The lowest BCUT2D eigenvalue weighted by Crippen LogP contribution is -2.41. The number of imidazole rings is 1. The number of aromatic hydroxyl groups is 2. The smallest absolute Gasteiger partial charge is 0.194 e. The van der Waals surface area contributed by atoms with E-state index in [1.165, 1.54) is 19.9 Å². The number of hydrogen-bond donors (Lipinski definition) is 4. The fourth-order valence-corrected chi connectivity index (χ4v) is 5.44. The number of ketones is 3. The van der Waals surface area contributed by atoms with Crippen LogP contribution in [0, 0.1) is 6.92 Å². The topological polar surface area (TPSA) is 142 Å². The van der Waals surface area contributed by atoms with Gasteiger partial charge >= 0.3 is 0 Å². The number of H-pyrrole nitrogens is 1.